The molecule has 0 radical (unpaired) electrons. The number of carbonyl (C=O) groups excluding carboxylic acids is 2. The highest BCUT2D eigenvalue weighted by Gasteiger charge is 2.05. The third-order valence-corrected chi connectivity index (χ3v) is 2.72. The van der Waals surface area contributed by atoms with E-state index in [2.05, 4.69) is 38.5 Å². The van der Waals surface area contributed by atoms with E-state index in [1.165, 1.54) is 0 Å². The largest absolute Gasteiger partial charge is 0.338 e. The molecule has 18 heavy (non-hydrogen) atoms. The second-order valence-corrected chi connectivity index (χ2v) is 4.91. The van der Waals surface area contributed by atoms with E-state index in [0.29, 0.717) is 6.54 Å². The quantitative estimate of drug-likeness (QED) is 0.702. The minimum atomic E-state index is -0.324. The molecule has 0 fully saturated rings. The van der Waals surface area contributed by atoms with E-state index >= 15 is 0 Å². The zero-order chi connectivity index (χ0) is 13.4. The summed E-state index contributed by atoms with van der Waals surface area (Å²) in [4.78, 5) is 22.8. The number of amides is 3. The maximum Gasteiger partial charge on any atom is 0.315 e. The van der Waals surface area contributed by atoms with Crippen molar-refractivity contribution in [3.8, 4) is 0 Å². The molecular weight excluding hydrogens is 345 g/mol. The summed E-state index contributed by atoms with van der Waals surface area (Å²) in [5.41, 5.74) is 0.725. The molecule has 1 rings (SSSR count). The maximum atomic E-state index is 11.5. The highest BCUT2D eigenvalue weighted by Crippen LogP contribution is 2.11. The number of nitrogens with one attached hydrogen (secondary N) is 3. The van der Waals surface area contributed by atoms with E-state index in [4.69, 9.17) is 0 Å². The average molecular weight is 361 g/mol. The van der Waals surface area contributed by atoms with Crippen LogP contribution in [0.1, 0.15) is 13.3 Å². The Morgan fingerprint density at radius 3 is 2.72 bits per heavy atom. The molecule has 0 saturated heterocycles. The third kappa shape index (κ3) is 5.85. The molecule has 3 amide bonds. The van der Waals surface area contributed by atoms with Crippen molar-refractivity contribution in [3.63, 3.8) is 0 Å². The van der Waals surface area contributed by atoms with Gasteiger partial charge in [-0.3, -0.25) is 4.79 Å². The van der Waals surface area contributed by atoms with Crippen LogP contribution >= 0.6 is 22.6 Å². The Morgan fingerprint density at radius 2 is 2.06 bits per heavy atom. The fraction of sp³-hybridized carbons (Fsp3) is 0.333. The Balaban J connectivity index is 2.31. The van der Waals surface area contributed by atoms with Gasteiger partial charge in [0.25, 0.3) is 0 Å². The van der Waals surface area contributed by atoms with Crippen LogP contribution in [-0.4, -0.2) is 25.0 Å². The lowest BCUT2D eigenvalue weighted by molar-refractivity contribution is -0.115. The van der Waals surface area contributed by atoms with E-state index < -0.39 is 0 Å². The monoisotopic (exact) mass is 361 g/mol. The Labute approximate surface area is 120 Å². The lowest BCUT2D eigenvalue weighted by atomic mass is 10.3. The summed E-state index contributed by atoms with van der Waals surface area (Å²) >= 11 is 2.17. The van der Waals surface area contributed by atoms with Gasteiger partial charge < -0.3 is 16.0 Å². The molecule has 0 aromatic heterocycles. The summed E-state index contributed by atoms with van der Waals surface area (Å²) in [5, 5.41) is 7.83. The molecule has 0 aliphatic rings. The van der Waals surface area contributed by atoms with Gasteiger partial charge in [-0.2, -0.15) is 0 Å². The number of benzene rings is 1. The normalized spacial score (nSPS) is 9.67. The second kappa shape index (κ2) is 7.91. The van der Waals surface area contributed by atoms with Gasteiger partial charge in [-0.15, -0.1) is 0 Å². The smallest absolute Gasteiger partial charge is 0.315 e. The molecular formula is C12H16IN3O2. The number of hydrogen-bond donors (Lipinski definition) is 3. The molecule has 0 aliphatic heterocycles. The molecule has 0 unspecified atom stereocenters. The summed E-state index contributed by atoms with van der Waals surface area (Å²) in [6.07, 6.45) is 0.863. The van der Waals surface area contributed by atoms with Gasteiger partial charge >= 0.3 is 6.03 Å². The van der Waals surface area contributed by atoms with E-state index in [-0.39, 0.29) is 18.5 Å². The molecule has 3 N–H and O–H groups in total. The van der Waals surface area contributed by atoms with E-state index in [9.17, 15) is 9.59 Å². The molecule has 0 atom stereocenters. The van der Waals surface area contributed by atoms with Crippen molar-refractivity contribution in [2.75, 3.05) is 18.4 Å². The van der Waals surface area contributed by atoms with Gasteiger partial charge in [0.05, 0.1) is 6.54 Å². The lowest BCUT2D eigenvalue weighted by Crippen LogP contribution is -2.40. The standard InChI is InChI=1S/C12H16IN3O2/c1-2-6-14-12(18)15-8-11(17)16-10-5-3-4-9(13)7-10/h3-5,7H,2,6,8H2,1H3,(H,16,17)(H2,14,15,18). The molecule has 0 spiro atoms. The molecule has 0 bridgehead atoms. The summed E-state index contributed by atoms with van der Waals surface area (Å²) in [6.45, 7) is 2.52. The number of anilines is 1. The summed E-state index contributed by atoms with van der Waals surface area (Å²) in [6, 6.07) is 7.13. The topological polar surface area (TPSA) is 70.2 Å². The lowest BCUT2D eigenvalue weighted by Gasteiger charge is -2.08. The average Bonchev–Trinajstić information content (AvgIpc) is 2.34. The number of hydrogen-bond acceptors (Lipinski definition) is 2. The Morgan fingerprint density at radius 1 is 1.28 bits per heavy atom. The van der Waals surface area contributed by atoms with Crippen molar-refractivity contribution in [1.82, 2.24) is 10.6 Å². The fourth-order valence-electron chi connectivity index (χ4n) is 1.23. The van der Waals surface area contributed by atoms with Crippen LogP contribution in [0.4, 0.5) is 10.5 Å². The Bertz CT molecular complexity index is 424. The van der Waals surface area contributed by atoms with Crippen LogP contribution in [0.2, 0.25) is 0 Å². The number of urea groups is 1. The molecule has 1 aromatic rings. The van der Waals surface area contributed by atoms with Crippen LogP contribution in [-0.2, 0) is 4.79 Å². The number of rotatable bonds is 5. The van der Waals surface area contributed by atoms with Gasteiger partial charge in [0, 0.05) is 15.8 Å². The van der Waals surface area contributed by atoms with Crippen LogP contribution < -0.4 is 16.0 Å². The zero-order valence-corrected chi connectivity index (χ0v) is 12.3. The van der Waals surface area contributed by atoms with E-state index in [1.807, 2.05) is 25.1 Å². The van der Waals surface area contributed by atoms with Crippen molar-refractivity contribution in [2.24, 2.45) is 0 Å². The molecule has 0 aliphatic carbocycles. The van der Waals surface area contributed by atoms with E-state index in [1.54, 1.807) is 6.07 Å². The fourth-order valence-corrected chi connectivity index (χ4v) is 1.78. The molecule has 0 saturated carbocycles. The van der Waals surface area contributed by atoms with Crippen LogP contribution in [0, 0.1) is 3.57 Å². The van der Waals surface area contributed by atoms with Crippen molar-refractivity contribution in [1.29, 1.82) is 0 Å². The maximum absolute atomic E-state index is 11.5. The van der Waals surface area contributed by atoms with Crippen LogP contribution in [0.5, 0.6) is 0 Å². The van der Waals surface area contributed by atoms with Crippen LogP contribution in [0.3, 0.4) is 0 Å². The first kappa shape index (κ1) is 14.7. The van der Waals surface area contributed by atoms with Crippen molar-refractivity contribution >= 4 is 40.2 Å². The van der Waals surface area contributed by atoms with Crippen molar-refractivity contribution in [3.05, 3.63) is 27.8 Å². The molecule has 98 valence electrons. The molecule has 6 heteroatoms. The highest BCUT2D eigenvalue weighted by molar-refractivity contribution is 14.1. The predicted octanol–water partition coefficient (Wildman–Crippen LogP) is 1.94. The van der Waals surface area contributed by atoms with Gasteiger partial charge in [0.15, 0.2) is 0 Å². The minimum absolute atomic E-state index is 0.0407. The molecule has 0 heterocycles. The Hall–Kier alpha value is -1.31. The molecule has 5 nitrogen and oxygen atoms in total. The van der Waals surface area contributed by atoms with Gasteiger partial charge in [-0.05, 0) is 47.2 Å². The number of carbonyl (C=O) groups is 2. The van der Waals surface area contributed by atoms with Crippen molar-refractivity contribution < 1.29 is 9.59 Å². The van der Waals surface area contributed by atoms with Gasteiger partial charge in [0.2, 0.25) is 5.91 Å². The zero-order valence-electron chi connectivity index (χ0n) is 10.1. The predicted molar refractivity (Wildman–Crippen MR) is 79.5 cm³/mol. The van der Waals surface area contributed by atoms with Crippen LogP contribution in [0.15, 0.2) is 24.3 Å². The summed E-state index contributed by atoms with van der Waals surface area (Å²) in [5.74, 6) is -0.247. The number of halogens is 1. The molecule has 1 aromatic carbocycles. The van der Waals surface area contributed by atoms with Crippen molar-refractivity contribution in [2.45, 2.75) is 13.3 Å². The van der Waals surface area contributed by atoms with Gasteiger partial charge in [-0.25, -0.2) is 4.79 Å². The summed E-state index contributed by atoms with van der Waals surface area (Å²) in [7, 11) is 0. The highest BCUT2D eigenvalue weighted by atomic mass is 127. The third-order valence-electron chi connectivity index (χ3n) is 2.05. The van der Waals surface area contributed by atoms with Gasteiger partial charge in [0.1, 0.15) is 0 Å². The van der Waals surface area contributed by atoms with Gasteiger partial charge in [-0.1, -0.05) is 13.0 Å². The summed E-state index contributed by atoms with van der Waals surface area (Å²) < 4.78 is 1.04. The SMILES string of the molecule is CCCNC(=O)NCC(=O)Nc1cccc(I)c1. The first-order valence-electron chi connectivity index (χ1n) is 5.69. The minimum Gasteiger partial charge on any atom is -0.338 e. The first-order chi connectivity index (χ1) is 8.61. The van der Waals surface area contributed by atoms with Crippen LogP contribution in [0.25, 0.3) is 0 Å². The second-order valence-electron chi connectivity index (χ2n) is 3.67. The Kier molecular flexibility index (Phi) is 6.48. The van der Waals surface area contributed by atoms with E-state index in [0.717, 1.165) is 15.7 Å². The first-order valence-corrected chi connectivity index (χ1v) is 6.77.